The maximum Gasteiger partial charge on any atom is 0.119 e. The smallest absolute Gasteiger partial charge is 0.119 e. The first-order chi connectivity index (χ1) is 10.4. The van der Waals surface area contributed by atoms with Crippen LogP contribution in [0.25, 0.3) is 0 Å². The molecular weight excluding hydrogens is 297 g/mol. The third kappa shape index (κ3) is 2.82. The van der Waals surface area contributed by atoms with E-state index in [1.54, 1.807) is 20.4 Å². The van der Waals surface area contributed by atoms with Crippen molar-refractivity contribution in [3.8, 4) is 5.75 Å². The van der Waals surface area contributed by atoms with Crippen LogP contribution in [0, 0.1) is 0 Å². The minimum absolute atomic E-state index is 0.134. The fourth-order valence-electron chi connectivity index (χ4n) is 3.04. The minimum atomic E-state index is -2.14. The highest BCUT2D eigenvalue weighted by Gasteiger charge is 2.42. The van der Waals surface area contributed by atoms with Gasteiger partial charge in [0.1, 0.15) is 5.75 Å². The number of aromatic nitrogens is 3. The van der Waals surface area contributed by atoms with Gasteiger partial charge in [-0.1, -0.05) is 17.3 Å². The molecule has 1 aliphatic carbocycles. The van der Waals surface area contributed by atoms with Gasteiger partial charge >= 0.3 is 0 Å². The number of methoxy groups -OCH3 is 1. The number of ether oxygens (including phenoxy) is 1. The summed E-state index contributed by atoms with van der Waals surface area (Å²) in [5.41, 5.74) is 1.87. The van der Waals surface area contributed by atoms with Gasteiger partial charge in [0.2, 0.25) is 0 Å². The van der Waals surface area contributed by atoms with E-state index in [0.717, 1.165) is 24.3 Å². The maximum atomic E-state index is 12.0. The Morgan fingerprint density at radius 3 is 2.73 bits per heavy atom. The van der Waals surface area contributed by atoms with Gasteiger partial charge in [-0.25, -0.2) is 4.68 Å². The topological polar surface area (TPSA) is 57.0 Å². The van der Waals surface area contributed by atoms with Crippen molar-refractivity contribution in [1.82, 2.24) is 15.0 Å². The molecule has 5 nitrogen and oxygen atoms in total. The van der Waals surface area contributed by atoms with Crippen LogP contribution in [0.4, 0.5) is 0 Å². The zero-order chi connectivity index (χ0) is 15.8. The van der Waals surface area contributed by atoms with Crippen molar-refractivity contribution in [2.45, 2.75) is 31.0 Å². The molecule has 1 fully saturated rings. The van der Waals surface area contributed by atoms with E-state index in [9.17, 15) is 4.57 Å². The molecule has 6 heteroatoms. The second kappa shape index (κ2) is 5.54. The van der Waals surface area contributed by atoms with Gasteiger partial charge in [0.15, 0.2) is 0 Å². The molecule has 1 aromatic heterocycles. The SMILES string of the molecule is COc1cccc(C2(n3cc(CP(C)(C)=O)nn3)CCC2)c1. The van der Waals surface area contributed by atoms with Crippen molar-refractivity contribution in [2.75, 3.05) is 20.4 Å². The molecule has 0 N–H and O–H groups in total. The average Bonchev–Trinajstić information content (AvgIpc) is 2.84. The zero-order valence-electron chi connectivity index (χ0n) is 13.3. The van der Waals surface area contributed by atoms with Gasteiger partial charge < -0.3 is 9.30 Å². The molecule has 22 heavy (non-hydrogen) atoms. The number of rotatable bonds is 5. The molecule has 0 amide bonds. The lowest BCUT2D eigenvalue weighted by atomic mass is 9.72. The zero-order valence-corrected chi connectivity index (χ0v) is 14.2. The molecule has 0 radical (unpaired) electrons. The van der Waals surface area contributed by atoms with Gasteiger partial charge in [-0.3, -0.25) is 0 Å². The predicted molar refractivity (Wildman–Crippen MR) is 87.1 cm³/mol. The van der Waals surface area contributed by atoms with Crippen molar-refractivity contribution < 1.29 is 9.30 Å². The van der Waals surface area contributed by atoms with Crippen LogP contribution < -0.4 is 4.74 Å². The summed E-state index contributed by atoms with van der Waals surface area (Å²) in [4.78, 5) is 0. The second-order valence-corrected chi connectivity index (χ2v) is 9.97. The Labute approximate surface area is 131 Å². The van der Waals surface area contributed by atoms with Crippen LogP contribution in [0.2, 0.25) is 0 Å². The van der Waals surface area contributed by atoms with Gasteiger partial charge in [0.05, 0.1) is 25.5 Å². The summed E-state index contributed by atoms with van der Waals surface area (Å²) in [7, 11) is -0.457. The van der Waals surface area contributed by atoms with Crippen molar-refractivity contribution in [1.29, 1.82) is 0 Å². The number of hydrogen-bond acceptors (Lipinski definition) is 4. The lowest BCUT2D eigenvalue weighted by Crippen LogP contribution is -2.42. The molecule has 118 valence electrons. The van der Waals surface area contributed by atoms with Crippen molar-refractivity contribution >= 4 is 7.14 Å². The van der Waals surface area contributed by atoms with Gasteiger partial charge in [0.25, 0.3) is 0 Å². The highest BCUT2D eigenvalue weighted by atomic mass is 31.2. The van der Waals surface area contributed by atoms with Crippen LogP contribution >= 0.6 is 7.14 Å². The molecular formula is C16H22N3O2P. The van der Waals surface area contributed by atoms with Crippen molar-refractivity contribution in [2.24, 2.45) is 0 Å². The highest BCUT2D eigenvalue weighted by Crippen LogP contribution is 2.46. The third-order valence-electron chi connectivity index (χ3n) is 4.31. The van der Waals surface area contributed by atoms with E-state index in [-0.39, 0.29) is 5.54 Å². The van der Waals surface area contributed by atoms with Gasteiger partial charge in [-0.2, -0.15) is 0 Å². The Hall–Kier alpha value is -1.61. The lowest BCUT2D eigenvalue weighted by Gasteiger charge is -2.42. The van der Waals surface area contributed by atoms with E-state index in [2.05, 4.69) is 22.4 Å². The van der Waals surface area contributed by atoms with Crippen LogP contribution in [0.3, 0.4) is 0 Å². The van der Waals surface area contributed by atoms with Crippen LogP contribution in [0.1, 0.15) is 30.5 Å². The van der Waals surface area contributed by atoms with E-state index in [1.165, 1.54) is 12.0 Å². The Bertz CT molecular complexity index is 716. The molecule has 2 aromatic rings. The largest absolute Gasteiger partial charge is 0.497 e. The van der Waals surface area contributed by atoms with Crippen LogP contribution in [0.15, 0.2) is 30.5 Å². The van der Waals surface area contributed by atoms with Crippen LogP contribution in [-0.4, -0.2) is 35.4 Å². The minimum Gasteiger partial charge on any atom is -0.497 e. The fourth-order valence-corrected chi connectivity index (χ4v) is 3.97. The molecule has 0 unspecified atom stereocenters. The molecule has 3 rings (SSSR count). The Balaban J connectivity index is 1.95. The highest BCUT2D eigenvalue weighted by molar-refractivity contribution is 7.61. The molecule has 1 aliphatic rings. The Kier molecular flexibility index (Phi) is 3.85. The molecule has 1 saturated carbocycles. The van der Waals surface area contributed by atoms with Crippen molar-refractivity contribution in [3.63, 3.8) is 0 Å². The fraction of sp³-hybridized carbons (Fsp3) is 0.500. The summed E-state index contributed by atoms with van der Waals surface area (Å²) < 4.78 is 19.3. The first-order valence-electron chi connectivity index (χ1n) is 7.53. The summed E-state index contributed by atoms with van der Waals surface area (Å²) in [6, 6.07) is 8.16. The number of hydrogen-bond donors (Lipinski definition) is 0. The van der Waals surface area contributed by atoms with Crippen LogP contribution in [0.5, 0.6) is 5.75 Å². The van der Waals surface area contributed by atoms with Crippen molar-refractivity contribution in [3.05, 3.63) is 41.7 Å². The average molecular weight is 319 g/mol. The molecule has 1 aromatic carbocycles. The van der Waals surface area contributed by atoms with E-state index < -0.39 is 7.14 Å². The molecule has 0 saturated heterocycles. The molecule has 1 heterocycles. The van der Waals surface area contributed by atoms with E-state index in [0.29, 0.717) is 6.16 Å². The number of benzene rings is 1. The number of nitrogens with zero attached hydrogens (tertiary/aromatic N) is 3. The Morgan fingerprint density at radius 2 is 2.14 bits per heavy atom. The van der Waals surface area contributed by atoms with Gasteiger partial charge in [0, 0.05) is 12.4 Å². The summed E-state index contributed by atoms with van der Waals surface area (Å²) in [6.45, 7) is 3.57. The Morgan fingerprint density at radius 1 is 1.36 bits per heavy atom. The van der Waals surface area contributed by atoms with E-state index in [4.69, 9.17) is 4.74 Å². The summed E-state index contributed by atoms with van der Waals surface area (Å²) >= 11 is 0. The maximum absolute atomic E-state index is 12.0. The second-order valence-electron chi connectivity index (χ2n) is 6.50. The third-order valence-corrected chi connectivity index (χ3v) is 5.40. The standard InChI is InChI=1S/C16H22N3O2P/c1-21-15-7-4-6-13(10-15)16(8-5-9-16)19-11-14(17-18-19)12-22(2,3)20/h4,6-7,10-11H,5,8-9,12H2,1-3H3. The summed E-state index contributed by atoms with van der Waals surface area (Å²) in [5.74, 6) is 0.857. The van der Waals surface area contributed by atoms with Gasteiger partial charge in [-0.15, -0.1) is 5.10 Å². The predicted octanol–water partition coefficient (Wildman–Crippen LogP) is 3.34. The summed E-state index contributed by atoms with van der Waals surface area (Å²) in [5, 5.41) is 8.56. The monoisotopic (exact) mass is 319 g/mol. The lowest BCUT2D eigenvalue weighted by molar-refractivity contribution is 0.173. The van der Waals surface area contributed by atoms with E-state index >= 15 is 0 Å². The molecule has 0 bridgehead atoms. The summed E-state index contributed by atoms with van der Waals surface area (Å²) in [6.07, 6.45) is 5.71. The molecule has 0 atom stereocenters. The quantitative estimate of drug-likeness (QED) is 0.793. The molecule has 0 spiro atoms. The normalized spacial score (nSPS) is 17.0. The first kappa shape index (κ1) is 15.3. The van der Waals surface area contributed by atoms with Gasteiger partial charge in [-0.05, 0) is 50.3 Å². The van der Waals surface area contributed by atoms with Crippen LogP contribution in [-0.2, 0) is 16.3 Å². The van der Waals surface area contributed by atoms with E-state index in [1.807, 2.05) is 23.0 Å². The first-order valence-corrected chi connectivity index (χ1v) is 10.3. The molecule has 0 aliphatic heterocycles.